The van der Waals surface area contributed by atoms with E-state index >= 15 is 0 Å². The molecule has 0 aromatic heterocycles. The minimum atomic E-state index is -0.201. The van der Waals surface area contributed by atoms with E-state index in [0.29, 0.717) is 6.54 Å². The van der Waals surface area contributed by atoms with Gasteiger partial charge in [0.2, 0.25) is 0 Å². The number of hydrogen-bond donors (Lipinski definition) is 1. The van der Waals surface area contributed by atoms with E-state index in [1.54, 1.807) is 19.2 Å². The molecule has 6 heteroatoms. The average Bonchev–Trinajstić information content (AvgIpc) is 2.98. The lowest BCUT2D eigenvalue weighted by Crippen LogP contribution is -2.54. The first-order valence-electron chi connectivity index (χ1n) is 7.88. The van der Waals surface area contributed by atoms with E-state index in [4.69, 9.17) is 0 Å². The highest BCUT2D eigenvalue weighted by atomic mass is 32.2. The number of rotatable bonds is 5. The predicted molar refractivity (Wildman–Crippen MR) is 97.6 cm³/mol. The molecule has 1 aromatic rings. The van der Waals surface area contributed by atoms with Crippen LogP contribution in [0.4, 0.5) is 4.39 Å². The van der Waals surface area contributed by atoms with Crippen molar-refractivity contribution in [3.63, 3.8) is 0 Å². The molecule has 1 atom stereocenters. The van der Waals surface area contributed by atoms with Gasteiger partial charge in [-0.1, -0.05) is 12.1 Å². The van der Waals surface area contributed by atoms with Gasteiger partial charge in [-0.2, -0.15) is 11.8 Å². The minimum Gasteiger partial charge on any atom is -0.354 e. The molecule has 0 bridgehead atoms. The zero-order valence-corrected chi connectivity index (χ0v) is 15.3. The van der Waals surface area contributed by atoms with Gasteiger partial charge in [-0.15, -0.1) is 0 Å². The van der Waals surface area contributed by atoms with Gasteiger partial charge < -0.3 is 15.1 Å². The SMILES string of the molecule is CN=C(NCC1(N(C)C)CCSC1)N(C)Cc1cccc(F)c1. The van der Waals surface area contributed by atoms with Crippen LogP contribution in [0.25, 0.3) is 0 Å². The number of likely N-dealkylation sites (N-methyl/N-ethyl adjacent to an activating group) is 1. The molecular weight excluding hydrogens is 311 g/mol. The van der Waals surface area contributed by atoms with Crippen LogP contribution in [0.15, 0.2) is 29.3 Å². The molecule has 1 aliphatic heterocycles. The van der Waals surface area contributed by atoms with Gasteiger partial charge in [0.05, 0.1) is 0 Å². The number of benzene rings is 1. The summed E-state index contributed by atoms with van der Waals surface area (Å²) in [4.78, 5) is 8.72. The topological polar surface area (TPSA) is 30.9 Å². The van der Waals surface area contributed by atoms with Crippen molar-refractivity contribution in [2.45, 2.75) is 18.5 Å². The molecule has 23 heavy (non-hydrogen) atoms. The summed E-state index contributed by atoms with van der Waals surface area (Å²) >= 11 is 2.00. The largest absolute Gasteiger partial charge is 0.354 e. The Morgan fingerprint density at radius 1 is 1.39 bits per heavy atom. The fourth-order valence-electron chi connectivity index (χ4n) is 2.86. The molecule has 1 fully saturated rings. The van der Waals surface area contributed by atoms with Crippen molar-refractivity contribution in [3.05, 3.63) is 35.6 Å². The van der Waals surface area contributed by atoms with Gasteiger partial charge in [0.25, 0.3) is 0 Å². The summed E-state index contributed by atoms with van der Waals surface area (Å²) in [6.45, 7) is 1.49. The summed E-state index contributed by atoms with van der Waals surface area (Å²) in [6.07, 6.45) is 1.18. The number of aliphatic imine (C=N–C) groups is 1. The van der Waals surface area contributed by atoms with E-state index in [2.05, 4.69) is 29.3 Å². The summed E-state index contributed by atoms with van der Waals surface area (Å²) < 4.78 is 13.3. The smallest absolute Gasteiger partial charge is 0.193 e. The Balaban J connectivity index is 1.97. The summed E-state index contributed by atoms with van der Waals surface area (Å²) in [6, 6.07) is 6.71. The lowest BCUT2D eigenvalue weighted by molar-refractivity contribution is 0.181. The number of halogens is 1. The number of guanidine groups is 1. The molecule has 1 aliphatic rings. The quantitative estimate of drug-likeness (QED) is 0.659. The molecule has 0 saturated carbocycles. The lowest BCUT2D eigenvalue weighted by atomic mass is 9.97. The molecule has 1 unspecified atom stereocenters. The maximum absolute atomic E-state index is 13.3. The molecule has 0 spiro atoms. The molecule has 1 aromatic carbocycles. The van der Waals surface area contributed by atoms with Crippen LogP contribution in [0.3, 0.4) is 0 Å². The Labute approximate surface area is 143 Å². The van der Waals surface area contributed by atoms with Crippen LogP contribution in [-0.4, -0.2) is 67.5 Å². The minimum absolute atomic E-state index is 0.181. The highest BCUT2D eigenvalue weighted by Gasteiger charge is 2.36. The van der Waals surface area contributed by atoms with Crippen molar-refractivity contribution in [1.29, 1.82) is 0 Å². The zero-order chi connectivity index (χ0) is 16.9. The molecule has 1 N–H and O–H groups in total. The Hall–Kier alpha value is -1.27. The van der Waals surface area contributed by atoms with Crippen molar-refractivity contribution in [2.24, 2.45) is 4.99 Å². The van der Waals surface area contributed by atoms with Crippen LogP contribution < -0.4 is 5.32 Å². The van der Waals surface area contributed by atoms with Crippen LogP contribution in [0.5, 0.6) is 0 Å². The lowest BCUT2D eigenvalue weighted by Gasteiger charge is -2.37. The van der Waals surface area contributed by atoms with E-state index < -0.39 is 0 Å². The third kappa shape index (κ3) is 4.61. The van der Waals surface area contributed by atoms with Crippen molar-refractivity contribution in [1.82, 2.24) is 15.1 Å². The first kappa shape index (κ1) is 18.1. The van der Waals surface area contributed by atoms with Gasteiger partial charge in [-0.05, 0) is 44.0 Å². The maximum atomic E-state index is 13.3. The maximum Gasteiger partial charge on any atom is 0.193 e. The van der Waals surface area contributed by atoms with Crippen LogP contribution in [0, 0.1) is 5.82 Å². The molecule has 128 valence electrons. The fraction of sp³-hybridized carbons (Fsp3) is 0.588. The Bertz CT molecular complexity index is 541. The monoisotopic (exact) mass is 338 g/mol. The average molecular weight is 338 g/mol. The number of thioether (sulfide) groups is 1. The highest BCUT2D eigenvalue weighted by molar-refractivity contribution is 7.99. The van der Waals surface area contributed by atoms with Crippen LogP contribution in [0.2, 0.25) is 0 Å². The van der Waals surface area contributed by atoms with Crippen molar-refractivity contribution in [2.75, 3.05) is 46.2 Å². The van der Waals surface area contributed by atoms with Crippen LogP contribution in [-0.2, 0) is 6.54 Å². The Kier molecular flexibility index (Phi) is 6.30. The van der Waals surface area contributed by atoms with Gasteiger partial charge in [0, 0.05) is 38.5 Å². The van der Waals surface area contributed by atoms with Gasteiger partial charge in [0.15, 0.2) is 5.96 Å². The van der Waals surface area contributed by atoms with Gasteiger partial charge in [-0.3, -0.25) is 4.99 Å². The van der Waals surface area contributed by atoms with Crippen molar-refractivity contribution >= 4 is 17.7 Å². The summed E-state index contributed by atoms with van der Waals surface area (Å²) in [7, 11) is 8.06. The number of nitrogens with one attached hydrogen (secondary N) is 1. The van der Waals surface area contributed by atoms with E-state index in [0.717, 1.165) is 23.8 Å². The predicted octanol–water partition coefficient (Wildman–Crippen LogP) is 2.27. The zero-order valence-electron chi connectivity index (χ0n) is 14.5. The second-order valence-electron chi connectivity index (χ2n) is 6.31. The molecule has 0 amide bonds. The third-order valence-corrected chi connectivity index (χ3v) is 5.72. The van der Waals surface area contributed by atoms with Gasteiger partial charge in [0.1, 0.15) is 5.82 Å². The number of hydrogen-bond acceptors (Lipinski definition) is 3. The first-order chi connectivity index (χ1) is 11.0. The van der Waals surface area contributed by atoms with Crippen LogP contribution in [0.1, 0.15) is 12.0 Å². The van der Waals surface area contributed by atoms with Crippen LogP contribution >= 0.6 is 11.8 Å². The van der Waals surface area contributed by atoms with E-state index in [-0.39, 0.29) is 11.4 Å². The molecule has 4 nitrogen and oxygen atoms in total. The normalized spacial score (nSPS) is 21.7. The molecule has 1 heterocycles. The molecular formula is C17H27FN4S. The summed E-state index contributed by atoms with van der Waals surface area (Å²) in [5, 5.41) is 3.50. The molecule has 0 aliphatic carbocycles. The first-order valence-corrected chi connectivity index (χ1v) is 9.04. The molecule has 2 rings (SSSR count). The second kappa shape index (κ2) is 8.02. The van der Waals surface area contributed by atoms with Gasteiger partial charge >= 0.3 is 0 Å². The Morgan fingerprint density at radius 2 is 2.17 bits per heavy atom. The fourth-order valence-corrected chi connectivity index (χ4v) is 4.41. The van der Waals surface area contributed by atoms with Crippen molar-refractivity contribution in [3.8, 4) is 0 Å². The third-order valence-electron chi connectivity index (χ3n) is 4.49. The highest BCUT2D eigenvalue weighted by Crippen LogP contribution is 2.31. The van der Waals surface area contributed by atoms with Crippen molar-refractivity contribution < 1.29 is 4.39 Å². The van der Waals surface area contributed by atoms with E-state index in [9.17, 15) is 4.39 Å². The second-order valence-corrected chi connectivity index (χ2v) is 7.41. The molecule has 0 radical (unpaired) electrons. The Morgan fingerprint density at radius 3 is 2.74 bits per heavy atom. The standard InChI is InChI=1S/C17H27FN4S/c1-19-16(20-12-17(21(2)3)8-9-23-13-17)22(4)11-14-6-5-7-15(18)10-14/h5-7,10H,8-9,11-13H2,1-4H3,(H,19,20). The number of nitrogens with zero attached hydrogens (tertiary/aromatic N) is 3. The summed E-state index contributed by atoms with van der Waals surface area (Å²) in [5.74, 6) is 2.98. The summed E-state index contributed by atoms with van der Waals surface area (Å²) in [5.41, 5.74) is 1.12. The molecule has 1 saturated heterocycles. The van der Waals surface area contributed by atoms with Gasteiger partial charge in [-0.25, -0.2) is 4.39 Å². The van der Waals surface area contributed by atoms with E-state index in [1.807, 2.05) is 29.8 Å². The van der Waals surface area contributed by atoms with E-state index in [1.165, 1.54) is 18.2 Å².